The Labute approximate surface area is 117 Å². The second-order valence-corrected chi connectivity index (χ2v) is 4.18. The van der Waals surface area contributed by atoms with Gasteiger partial charge in [0.25, 0.3) is 0 Å². The van der Waals surface area contributed by atoms with Gasteiger partial charge in [0, 0.05) is 18.9 Å². The highest BCUT2D eigenvalue weighted by Gasteiger charge is 2.22. The number of aliphatic carboxylic acids is 1. The van der Waals surface area contributed by atoms with E-state index in [1.165, 1.54) is 14.0 Å². The van der Waals surface area contributed by atoms with E-state index < -0.39 is 17.9 Å². The van der Waals surface area contributed by atoms with Gasteiger partial charge in [-0.2, -0.15) is 0 Å². The Balaban J connectivity index is 3.05. The molecule has 0 aliphatic carbocycles. The predicted molar refractivity (Wildman–Crippen MR) is 73.1 cm³/mol. The number of carbonyl (C=O) groups is 2. The fraction of sp³-hybridized carbons (Fsp3) is 0.429. The fourth-order valence-corrected chi connectivity index (χ4v) is 1.86. The Morgan fingerprint density at radius 2 is 2.10 bits per heavy atom. The molecular formula is C14H19NO5. The van der Waals surface area contributed by atoms with Gasteiger partial charge in [0.1, 0.15) is 6.04 Å². The molecule has 0 bridgehead atoms. The maximum absolute atomic E-state index is 11.2. The average Bonchev–Trinajstić information content (AvgIpc) is 2.39. The van der Waals surface area contributed by atoms with Crippen molar-refractivity contribution in [3.05, 3.63) is 23.8 Å². The largest absolute Gasteiger partial charge is 0.493 e. The number of amides is 1. The van der Waals surface area contributed by atoms with Crippen molar-refractivity contribution >= 4 is 11.9 Å². The Hall–Kier alpha value is -2.24. The smallest absolute Gasteiger partial charge is 0.326 e. The molecule has 110 valence electrons. The van der Waals surface area contributed by atoms with Gasteiger partial charge in [-0.1, -0.05) is 12.1 Å². The van der Waals surface area contributed by atoms with Gasteiger partial charge < -0.3 is 19.9 Å². The number of benzene rings is 1. The minimum atomic E-state index is -1.09. The summed E-state index contributed by atoms with van der Waals surface area (Å²) in [5.41, 5.74) is 0.673. The molecule has 0 radical (unpaired) electrons. The summed E-state index contributed by atoms with van der Waals surface area (Å²) in [5.74, 6) is -0.436. The first kappa shape index (κ1) is 15.8. The Morgan fingerprint density at radius 3 is 2.60 bits per heavy atom. The zero-order valence-electron chi connectivity index (χ0n) is 11.8. The lowest BCUT2D eigenvalue weighted by molar-refractivity contribution is -0.141. The number of carbonyl (C=O) groups excluding carboxylic acids is 1. The number of carboxylic acid groups (broad SMARTS) is 1. The second-order valence-electron chi connectivity index (χ2n) is 4.18. The van der Waals surface area contributed by atoms with E-state index in [1.807, 2.05) is 6.92 Å². The Kier molecular flexibility index (Phi) is 5.83. The lowest BCUT2D eigenvalue weighted by Gasteiger charge is -2.17. The van der Waals surface area contributed by atoms with Crippen LogP contribution in [0.3, 0.4) is 0 Å². The summed E-state index contributed by atoms with van der Waals surface area (Å²) in [4.78, 5) is 22.2. The van der Waals surface area contributed by atoms with Crippen molar-refractivity contribution in [2.24, 2.45) is 0 Å². The van der Waals surface area contributed by atoms with E-state index in [9.17, 15) is 9.59 Å². The summed E-state index contributed by atoms with van der Waals surface area (Å²) < 4.78 is 10.7. The van der Waals surface area contributed by atoms with Crippen molar-refractivity contribution in [3.63, 3.8) is 0 Å². The highest BCUT2D eigenvalue weighted by Crippen LogP contribution is 2.31. The van der Waals surface area contributed by atoms with Crippen molar-refractivity contribution in [2.75, 3.05) is 13.7 Å². The van der Waals surface area contributed by atoms with Crippen LogP contribution in [0, 0.1) is 0 Å². The van der Waals surface area contributed by atoms with Gasteiger partial charge in [0.15, 0.2) is 11.5 Å². The molecule has 0 aromatic heterocycles. The molecule has 1 rings (SSSR count). The van der Waals surface area contributed by atoms with Crippen LogP contribution in [0.2, 0.25) is 0 Å². The molecular weight excluding hydrogens is 262 g/mol. The molecule has 1 unspecified atom stereocenters. The molecule has 0 saturated heterocycles. The van der Waals surface area contributed by atoms with Crippen LogP contribution in [0.15, 0.2) is 18.2 Å². The first-order chi connectivity index (χ1) is 9.49. The van der Waals surface area contributed by atoms with Gasteiger partial charge in [-0.3, -0.25) is 4.79 Å². The maximum atomic E-state index is 11.2. The molecule has 0 heterocycles. The fourth-order valence-electron chi connectivity index (χ4n) is 1.86. The van der Waals surface area contributed by atoms with Crippen LogP contribution >= 0.6 is 0 Å². The molecule has 6 heteroatoms. The van der Waals surface area contributed by atoms with E-state index in [4.69, 9.17) is 14.6 Å². The monoisotopic (exact) mass is 281 g/mol. The standard InChI is InChI=1S/C14H19NO5/c1-4-20-13-10(6-5-7-12(13)19-3)8-11(14(17)18)15-9(2)16/h5-7,11H,4,8H2,1-3H3,(H,15,16)(H,17,18). The van der Waals surface area contributed by atoms with Gasteiger partial charge in [0.2, 0.25) is 5.91 Å². The summed E-state index contributed by atoms with van der Waals surface area (Å²) in [6, 6.07) is 4.25. The minimum Gasteiger partial charge on any atom is -0.493 e. The van der Waals surface area contributed by atoms with Crippen LogP contribution in [-0.4, -0.2) is 36.7 Å². The lowest BCUT2D eigenvalue weighted by atomic mass is 10.0. The highest BCUT2D eigenvalue weighted by atomic mass is 16.5. The van der Waals surface area contributed by atoms with Crippen LogP contribution < -0.4 is 14.8 Å². The van der Waals surface area contributed by atoms with Crippen molar-refractivity contribution in [2.45, 2.75) is 26.3 Å². The summed E-state index contributed by atoms with van der Waals surface area (Å²) in [6.45, 7) is 3.55. The zero-order chi connectivity index (χ0) is 15.1. The van der Waals surface area contributed by atoms with Crippen LogP contribution in [0.4, 0.5) is 0 Å². The van der Waals surface area contributed by atoms with E-state index in [0.717, 1.165) is 0 Å². The van der Waals surface area contributed by atoms with Crippen LogP contribution in [0.25, 0.3) is 0 Å². The molecule has 20 heavy (non-hydrogen) atoms. The Bertz CT molecular complexity index is 486. The number of rotatable bonds is 7. The van der Waals surface area contributed by atoms with Crippen molar-refractivity contribution in [1.82, 2.24) is 5.32 Å². The van der Waals surface area contributed by atoms with E-state index in [1.54, 1.807) is 18.2 Å². The minimum absolute atomic E-state index is 0.126. The van der Waals surface area contributed by atoms with E-state index in [2.05, 4.69) is 5.32 Å². The molecule has 0 aliphatic rings. The SMILES string of the molecule is CCOc1c(CC(NC(C)=O)C(=O)O)cccc1OC. The molecule has 0 saturated carbocycles. The number of hydrogen-bond acceptors (Lipinski definition) is 4. The van der Waals surface area contributed by atoms with Gasteiger partial charge in [-0.25, -0.2) is 4.79 Å². The first-order valence-electron chi connectivity index (χ1n) is 6.28. The van der Waals surface area contributed by atoms with Gasteiger partial charge in [0.05, 0.1) is 13.7 Å². The molecule has 1 aromatic rings. The van der Waals surface area contributed by atoms with Gasteiger partial charge in [-0.15, -0.1) is 0 Å². The number of ether oxygens (including phenoxy) is 2. The van der Waals surface area contributed by atoms with Crippen LogP contribution in [-0.2, 0) is 16.0 Å². The number of carboxylic acids is 1. The topological polar surface area (TPSA) is 84.9 Å². The van der Waals surface area contributed by atoms with E-state index in [0.29, 0.717) is 23.7 Å². The highest BCUT2D eigenvalue weighted by molar-refractivity contribution is 5.82. The third kappa shape index (κ3) is 4.15. The lowest BCUT2D eigenvalue weighted by Crippen LogP contribution is -2.41. The summed E-state index contributed by atoms with van der Waals surface area (Å²) in [5, 5.41) is 11.5. The normalized spacial score (nSPS) is 11.6. The average molecular weight is 281 g/mol. The quantitative estimate of drug-likeness (QED) is 0.785. The van der Waals surface area contributed by atoms with E-state index >= 15 is 0 Å². The zero-order valence-corrected chi connectivity index (χ0v) is 11.8. The van der Waals surface area contributed by atoms with Crippen LogP contribution in [0.1, 0.15) is 19.4 Å². The molecule has 1 atom stereocenters. The molecule has 2 N–H and O–H groups in total. The number of hydrogen-bond donors (Lipinski definition) is 2. The maximum Gasteiger partial charge on any atom is 0.326 e. The number of para-hydroxylation sites is 1. The first-order valence-corrected chi connectivity index (χ1v) is 6.28. The predicted octanol–water partition coefficient (Wildman–Crippen LogP) is 1.23. The Morgan fingerprint density at radius 1 is 1.40 bits per heavy atom. The molecule has 0 aliphatic heterocycles. The number of nitrogens with one attached hydrogen (secondary N) is 1. The van der Waals surface area contributed by atoms with Crippen molar-refractivity contribution in [1.29, 1.82) is 0 Å². The molecule has 6 nitrogen and oxygen atoms in total. The third-order valence-corrected chi connectivity index (χ3v) is 2.67. The summed E-state index contributed by atoms with van der Waals surface area (Å²) in [6.07, 6.45) is 0.126. The van der Waals surface area contributed by atoms with Crippen molar-refractivity contribution < 1.29 is 24.2 Å². The second kappa shape index (κ2) is 7.37. The third-order valence-electron chi connectivity index (χ3n) is 2.67. The van der Waals surface area contributed by atoms with E-state index in [-0.39, 0.29) is 6.42 Å². The molecule has 1 aromatic carbocycles. The van der Waals surface area contributed by atoms with Gasteiger partial charge >= 0.3 is 5.97 Å². The molecule has 0 spiro atoms. The molecule has 0 fully saturated rings. The number of methoxy groups -OCH3 is 1. The molecule has 1 amide bonds. The summed E-state index contributed by atoms with van der Waals surface area (Å²) >= 11 is 0. The summed E-state index contributed by atoms with van der Waals surface area (Å²) in [7, 11) is 1.52. The van der Waals surface area contributed by atoms with Crippen molar-refractivity contribution in [3.8, 4) is 11.5 Å². The van der Waals surface area contributed by atoms with Gasteiger partial charge in [-0.05, 0) is 13.0 Å². The van der Waals surface area contributed by atoms with Crippen LogP contribution in [0.5, 0.6) is 11.5 Å².